The lowest BCUT2D eigenvalue weighted by molar-refractivity contribution is -0.385. The Hall–Kier alpha value is -3.90. The Bertz CT molecular complexity index is 1260. The molecule has 1 saturated heterocycles. The Kier molecular flexibility index (Phi) is 6.29. The lowest BCUT2D eigenvalue weighted by Gasteiger charge is -2.34. The Morgan fingerprint density at radius 1 is 1.00 bits per heavy atom. The number of amides is 1. The highest BCUT2D eigenvalue weighted by molar-refractivity contribution is 7.89. The quantitative estimate of drug-likeness (QED) is 0.429. The number of sulfonamides is 1. The van der Waals surface area contributed by atoms with Crippen molar-refractivity contribution in [3.8, 4) is 0 Å². The maximum atomic E-state index is 13.0. The number of benzene rings is 2. The molecule has 2 aromatic carbocycles. The number of rotatable bonds is 6. The van der Waals surface area contributed by atoms with E-state index in [9.17, 15) is 23.3 Å². The second-order valence-electron chi connectivity index (χ2n) is 7.21. The third-order valence-corrected chi connectivity index (χ3v) is 7.12. The van der Waals surface area contributed by atoms with E-state index in [1.165, 1.54) is 52.8 Å². The van der Waals surface area contributed by atoms with Crippen molar-refractivity contribution in [3.63, 3.8) is 0 Å². The number of nitrogens with one attached hydrogen (secondary N) is 1. The van der Waals surface area contributed by atoms with Crippen LogP contribution in [0.2, 0.25) is 0 Å². The first-order chi connectivity index (χ1) is 15.9. The fraction of sp³-hybridized carbons (Fsp3) is 0.190. The van der Waals surface area contributed by atoms with Crippen LogP contribution in [0.15, 0.2) is 72.0 Å². The zero-order valence-electron chi connectivity index (χ0n) is 17.4. The number of nitrogens with zero attached hydrogens (tertiary/aromatic N) is 5. The highest BCUT2D eigenvalue weighted by Crippen LogP contribution is 2.23. The molecule has 0 radical (unpaired) electrons. The average molecular weight is 468 g/mol. The second-order valence-corrected chi connectivity index (χ2v) is 9.15. The molecular weight excluding hydrogens is 448 g/mol. The van der Waals surface area contributed by atoms with Crippen molar-refractivity contribution in [1.82, 2.24) is 14.3 Å². The van der Waals surface area contributed by atoms with Crippen LogP contribution in [0.25, 0.3) is 0 Å². The van der Waals surface area contributed by atoms with Crippen LogP contribution < -0.4 is 10.2 Å². The summed E-state index contributed by atoms with van der Waals surface area (Å²) in [7, 11) is -3.71. The van der Waals surface area contributed by atoms with Crippen molar-refractivity contribution in [2.24, 2.45) is 0 Å². The molecule has 1 aliphatic heterocycles. The Labute approximate surface area is 189 Å². The molecule has 4 rings (SSSR count). The smallest absolute Gasteiger partial charge is 0.282 e. The largest absolute Gasteiger partial charge is 0.353 e. The van der Waals surface area contributed by atoms with Crippen molar-refractivity contribution in [3.05, 3.63) is 82.8 Å². The van der Waals surface area contributed by atoms with Crippen LogP contribution in [0, 0.1) is 10.1 Å². The van der Waals surface area contributed by atoms with Gasteiger partial charge in [0.15, 0.2) is 0 Å². The minimum atomic E-state index is -3.71. The molecule has 170 valence electrons. The van der Waals surface area contributed by atoms with Gasteiger partial charge in [0, 0.05) is 50.3 Å². The number of aromatic nitrogens is 2. The SMILES string of the molecule is O=C(Nc1ccc(S(=O)(=O)N2CCN(c3cnccn3)CC2)cc1)c1ccccc1[N+](=O)[O-]. The molecule has 11 nitrogen and oxygen atoms in total. The molecule has 0 atom stereocenters. The van der Waals surface area contributed by atoms with E-state index >= 15 is 0 Å². The van der Waals surface area contributed by atoms with E-state index in [1.54, 1.807) is 18.6 Å². The van der Waals surface area contributed by atoms with E-state index < -0.39 is 20.9 Å². The van der Waals surface area contributed by atoms with Gasteiger partial charge in [0.2, 0.25) is 10.0 Å². The monoisotopic (exact) mass is 468 g/mol. The van der Waals surface area contributed by atoms with Gasteiger partial charge in [-0.1, -0.05) is 12.1 Å². The van der Waals surface area contributed by atoms with Gasteiger partial charge in [0.05, 0.1) is 16.0 Å². The number of nitro benzene ring substituents is 1. The summed E-state index contributed by atoms with van der Waals surface area (Å²) in [6.45, 7) is 1.58. The van der Waals surface area contributed by atoms with Crippen LogP contribution in [-0.2, 0) is 10.0 Å². The van der Waals surface area contributed by atoms with E-state index in [1.807, 2.05) is 4.90 Å². The van der Waals surface area contributed by atoms with Crippen LogP contribution in [0.3, 0.4) is 0 Å². The van der Waals surface area contributed by atoms with Gasteiger partial charge in [-0.15, -0.1) is 0 Å². The molecule has 1 aromatic heterocycles. The third-order valence-electron chi connectivity index (χ3n) is 5.21. The molecule has 0 spiro atoms. The first kappa shape index (κ1) is 22.3. The number of carbonyl (C=O) groups is 1. The zero-order valence-corrected chi connectivity index (χ0v) is 18.2. The minimum absolute atomic E-state index is 0.0832. The molecule has 1 aliphatic rings. The zero-order chi connectivity index (χ0) is 23.4. The summed E-state index contributed by atoms with van der Waals surface area (Å²) < 4.78 is 27.4. The summed E-state index contributed by atoms with van der Waals surface area (Å²) in [5.41, 5.74) is -0.0698. The molecule has 0 saturated carbocycles. The lowest BCUT2D eigenvalue weighted by Crippen LogP contribution is -2.48. The number of para-hydroxylation sites is 1. The number of anilines is 2. The van der Waals surface area contributed by atoms with Crippen LogP contribution in [0.5, 0.6) is 0 Å². The third kappa shape index (κ3) is 4.81. The summed E-state index contributed by atoms with van der Waals surface area (Å²) >= 11 is 0. The first-order valence-electron chi connectivity index (χ1n) is 10.0. The molecule has 33 heavy (non-hydrogen) atoms. The Morgan fingerprint density at radius 3 is 2.33 bits per heavy atom. The molecular formula is C21H20N6O5S. The predicted molar refractivity (Wildman–Crippen MR) is 120 cm³/mol. The van der Waals surface area contributed by atoms with Crippen molar-refractivity contribution < 1.29 is 18.1 Å². The van der Waals surface area contributed by atoms with Crippen molar-refractivity contribution >= 4 is 33.1 Å². The Balaban J connectivity index is 1.42. The van der Waals surface area contributed by atoms with Crippen LogP contribution >= 0.6 is 0 Å². The van der Waals surface area contributed by atoms with Gasteiger partial charge in [0.1, 0.15) is 11.4 Å². The number of carbonyl (C=O) groups excluding carboxylic acids is 1. The van der Waals surface area contributed by atoms with E-state index in [0.717, 1.165) is 0 Å². The normalized spacial score (nSPS) is 14.6. The lowest BCUT2D eigenvalue weighted by atomic mass is 10.1. The standard InChI is InChI=1S/C21H20N6O5S/c28-21(18-3-1-2-4-19(18)27(29)30)24-16-5-7-17(8-6-16)33(31,32)26-13-11-25(12-14-26)20-15-22-9-10-23-20/h1-10,15H,11-14H2,(H,24,28). The minimum Gasteiger partial charge on any atom is -0.353 e. The summed E-state index contributed by atoms with van der Waals surface area (Å²) in [5.74, 6) is 0.0475. The fourth-order valence-corrected chi connectivity index (χ4v) is 4.92. The van der Waals surface area contributed by atoms with Gasteiger partial charge < -0.3 is 10.2 Å². The highest BCUT2D eigenvalue weighted by atomic mass is 32.2. The van der Waals surface area contributed by atoms with E-state index in [0.29, 0.717) is 37.7 Å². The average Bonchev–Trinajstić information content (AvgIpc) is 2.85. The van der Waals surface area contributed by atoms with Gasteiger partial charge >= 0.3 is 0 Å². The summed E-state index contributed by atoms with van der Waals surface area (Å²) in [6.07, 6.45) is 4.81. The molecule has 1 N–H and O–H groups in total. The highest BCUT2D eigenvalue weighted by Gasteiger charge is 2.29. The molecule has 1 amide bonds. The topological polar surface area (TPSA) is 139 Å². The maximum absolute atomic E-state index is 13.0. The van der Waals surface area contributed by atoms with E-state index in [-0.39, 0.29) is 16.1 Å². The maximum Gasteiger partial charge on any atom is 0.282 e. The molecule has 2 heterocycles. The van der Waals surface area contributed by atoms with E-state index in [4.69, 9.17) is 0 Å². The number of hydrogen-bond acceptors (Lipinski definition) is 8. The first-order valence-corrected chi connectivity index (χ1v) is 11.5. The predicted octanol–water partition coefficient (Wildman–Crippen LogP) is 2.15. The summed E-state index contributed by atoms with van der Waals surface area (Å²) in [6, 6.07) is 11.3. The molecule has 3 aromatic rings. The van der Waals surface area contributed by atoms with Gasteiger partial charge in [0.25, 0.3) is 11.6 Å². The van der Waals surface area contributed by atoms with Crippen molar-refractivity contribution in [1.29, 1.82) is 0 Å². The summed E-state index contributed by atoms with van der Waals surface area (Å²) in [5, 5.41) is 13.7. The fourth-order valence-electron chi connectivity index (χ4n) is 3.49. The molecule has 0 aliphatic carbocycles. The second kappa shape index (κ2) is 9.30. The van der Waals surface area contributed by atoms with Crippen molar-refractivity contribution in [2.45, 2.75) is 4.90 Å². The van der Waals surface area contributed by atoms with Crippen LogP contribution in [-0.4, -0.2) is 59.7 Å². The molecule has 0 bridgehead atoms. The number of piperazine rings is 1. The van der Waals surface area contributed by atoms with Gasteiger partial charge in [-0.05, 0) is 30.3 Å². The summed E-state index contributed by atoms with van der Waals surface area (Å²) in [4.78, 5) is 33.3. The van der Waals surface area contributed by atoms with Gasteiger partial charge in [-0.3, -0.25) is 19.9 Å². The number of nitro groups is 1. The van der Waals surface area contributed by atoms with E-state index in [2.05, 4.69) is 15.3 Å². The Morgan fingerprint density at radius 2 is 1.70 bits per heavy atom. The molecule has 0 unspecified atom stereocenters. The van der Waals surface area contributed by atoms with Crippen molar-refractivity contribution in [2.75, 3.05) is 36.4 Å². The number of hydrogen-bond donors (Lipinski definition) is 1. The van der Waals surface area contributed by atoms with Crippen LogP contribution in [0.1, 0.15) is 10.4 Å². The molecule has 1 fully saturated rings. The van der Waals surface area contributed by atoms with Gasteiger partial charge in [-0.25, -0.2) is 13.4 Å². The van der Waals surface area contributed by atoms with Crippen LogP contribution in [0.4, 0.5) is 17.2 Å². The van der Waals surface area contributed by atoms with Gasteiger partial charge in [-0.2, -0.15) is 4.31 Å². The molecule has 12 heteroatoms.